The van der Waals surface area contributed by atoms with Gasteiger partial charge >= 0.3 is 0 Å². The molecule has 0 fully saturated rings. The van der Waals surface area contributed by atoms with Crippen LogP contribution in [0.5, 0.6) is 0 Å². The predicted molar refractivity (Wildman–Crippen MR) is 96.0 cm³/mol. The van der Waals surface area contributed by atoms with Crippen molar-refractivity contribution in [2.75, 3.05) is 19.8 Å². The van der Waals surface area contributed by atoms with E-state index in [1.165, 1.54) is 22.9 Å². The number of nitrogens with zero attached hydrogens (tertiary/aromatic N) is 1. The molecule has 5 heteroatoms. The van der Waals surface area contributed by atoms with Crippen LogP contribution in [-0.4, -0.2) is 38.1 Å². The molecule has 0 amide bonds. The second kappa shape index (κ2) is 5.46. The summed E-state index contributed by atoms with van der Waals surface area (Å²) in [6, 6.07) is 16.0. The molecule has 1 aliphatic heterocycles. The van der Waals surface area contributed by atoms with E-state index in [-0.39, 0.29) is 5.92 Å². The molecule has 0 spiro atoms. The highest BCUT2D eigenvalue weighted by molar-refractivity contribution is 7.90. The molecular weight excluding hydrogens is 320 g/mol. The van der Waals surface area contributed by atoms with Crippen molar-refractivity contribution in [1.29, 1.82) is 0 Å². The van der Waals surface area contributed by atoms with Crippen LogP contribution in [0, 0.1) is 0 Å². The van der Waals surface area contributed by atoms with E-state index in [2.05, 4.69) is 35.1 Å². The average Bonchev–Trinajstić information content (AvgIpc) is 2.96. The molecular formula is C19H20N2O2S. The van der Waals surface area contributed by atoms with Gasteiger partial charge in [0.05, 0.1) is 4.90 Å². The number of hydrogen-bond acceptors (Lipinski definition) is 3. The third-order valence-corrected chi connectivity index (χ3v) is 5.89. The van der Waals surface area contributed by atoms with Crippen molar-refractivity contribution >= 4 is 20.7 Å². The summed E-state index contributed by atoms with van der Waals surface area (Å²) in [5.41, 5.74) is 4.62. The van der Waals surface area contributed by atoms with E-state index in [1.54, 1.807) is 6.07 Å². The van der Waals surface area contributed by atoms with Crippen LogP contribution in [0.4, 0.5) is 0 Å². The molecule has 0 saturated carbocycles. The highest BCUT2D eigenvalue weighted by Gasteiger charge is 2.27. The number of fused-ring (bicyclic) bond motifs is 2. The molecule has 1 aromatic heterocycles. The summed E-state index contributed by atoms with van der Waals surface area (Å²) in [5.74, 6) is 0.222. The molecule has 2 heterocycles. The van der Waals surface area contributed by atoms with Crippen molar-refractivity contribution in [3.63, 3.8) is 0 Å². The number of benzene rings is 2. The van der Waals surface area contributed by atoms with Crippen LogP contribution in [-0.2, 0) is 16.4 Å². The minimum atomic E-state index is -3.18. The van der Waals surface area contributed by atoms with E-state index in [1.807, 2.05) is 24.3 Å². The van der Waals surface area contributed by atoms with Crippen LogP contribution in [0.15, 0.2) is 53.4 Å². The highest BCUT2D eigenvalue weighted by Crippen LogP contribution is 2.35. The van der Waals surface area contributed by atoms with E-state index in [9.17, 15) is 8.42 Å². The first-order chi connectivity index (χ1) is 11.4. The number of likely N-dealkylation sites (N-methyl/N-ethyl adjacent to an activating group) is 1. The third-order valence-electron chi connectivity index (χ3n) is 4.78. The maximum Gasteiger partial charge on any atom is 0.175 e. The SMILES string of the molecule is CN1Cc2cc(S(C)(=O)=O)ccc2C(c2cc3ccccc3[nH]2)C1. The van der Waals surface area contributed by atoms with Gasteiger partial charge in [-0.05, 0) is 47.8 Å². The summed E-state index contributed by atoms with van der Waals surface area (Å²) in [7, 11) is -1.11. The highest BCUT2D eigenvalue weighted by atomic mass is 32.2. The fourth-order valence-electron chi connectivity index (χ4n) is 3.60. The zero-order chi connectivity index (χ0) is 16.9. The molecule has 3 aromatic rings. The van der Waals surface area contributed by atoms with E-state index in [0.717, 1.165) is 24.2 Å². The van der Waals surface area contributed by atoms with Crippen molar-refractivity contribution in [2.24, 2.45) is 0 Å². The smallest absolute Gasteiger partial charge is 0.175 e. The van der Waals surface area contributed by atoms with E-state index >= 15 is 0 Å². The van der Waals surface area contributed by atoms with Crippen molar-refractivity contribution in [1.82, 2.24) is 9.88 Å². The lowest BCUT2D eigenvalue weighted by atomic mass is 9.87. The molecule has 24 heavy (non-hydrogen) atoms. The Bertz CT molecular complexity index is 988. The van der Waals surface area contributed by atoms with Crippen LogP contribution in [0.3, 0.4) is 0 Å². The lowest BCUT2D eigenvalue weighted by Gasteiger charge is -2.32. The lowest BCUT2D eigenvalue weighted by molar-refractivity contribution is 0.293. The molecule has 1 aliphatic rings. The molecule has 4 nitrogen and oxygen atoms in total. The Hall–Kier alpha value is -2.11. The number of hydrogen-bond donors (Lipinski definition) is 1. The summed E-state index contributed by atoms with van der Waals surface area (Å²) >= 11 is 0. The largest absolute Gasteiger partial charge is 0.358 e. The number of para-hydroxylation sites is 1. The Morgan fingerprint density at radius 3 is 2.67 bits per heavy atom. The van der Waals surface area contributed by atoms with Crippen molar-refractivity contribution in [3.8, 4) is 0 Å². The van der Waals surface area contributed by atoms with Crippen molar-refractivity contribution in [2.45, 2.75) is 17.4 Å². The first-order valence-corrected chi connectivity index (χ1v) is 9.90. The molecule has 2 aromatic carbocycles. The molecule has 1 N–H and O–H groups in total. The van der Waals surface area contributed by atoms with Gasteiger partial charge in [-0.1, -0.05) is 24.3 Å². The van der Waals surface area contributed by atoms with Gasteiger partial charge in [0.15, 0.2) is 9.84 Å². The van der Waals surface area contributed by atoms with Crippen LogP contribution < -0.4 is 0 Å². The number of sulfone groups is 1. The van der Waals surface area contributed by atoms with Gasteiger partial charge < -0.3 is 9.88 Å². The predicted octanol–water partition coefficient (Wildman–Crippen LogP) is 3.15. The number of aromatic amines is 1. The fraction of sp³-hybridized carbons (Fsp3) is 0.263. The van der Waals surface area contributed by atoms with Gasteiger partial charge in [-0.15, -0.1) is 0 Å². The van der Waals surface area contributed by atoms with Gasteiger partial charge in [0, 0.05) is 36.5 Å². The maximum atomic E-state index is 11.8. The first kappa shape index (κ1) is 15.4. The molecule has 0 radical (unpaired) electrons. The van der Waals surface area contributed by atoms with Crippen molar-refractivity contribution in [3.05, 3.63) is 65.4 Å². The zero-order valence-corrected chi connectivity index (χ0v) is 14.6. The summed E-state index contributed by atoms with van der Waals surface area (Å²) in [6.45, 7) is 1.69. The van der Waals surface area contributed by atoms with Crippen LogP contribution in [0.2, 0.25) is 0 Å². The maximum absolute atomic E-state index is 11.8. The molecule has 1 atom stereocenters. The van der Waals surface area contributed by atoms with Gasteiger partial charge in [-0.3, -0.25) is 0 Å². The molecule has 1 unspecified atom stereocenters. The number of rotatable bonds is 2. The minimum absolute atomic E-state index is 0.222. The summed E-state index contributed by atoms with van der Waals surface area (Å²) in [5, 5.41) is 1.20. The standard InChI is InChI=1S/C19H20N2O2S/c1-21-11-14-9-15(24(2,22)23)7-8-16(14)17(12-21)19-10-13-5-3-4-6-18(13)20-19/h3-10,17,20H,11-12H2,1-2H3. The topological polar surface area (TPSA) is 53.2 Å². The van der Waals surface area contributed by atoms with Crippen LogP contribution in [0.1, 0.15) is 22.7 Å². The summed E-state index contributed by atoms with van der Waals surface area (Å²) in [6.07, 6.45) is 1.26. The summed E-state index contributed by atoms with van der Waals surface area (Å²) in [4.78, 5) is 6.16. The summed E-state index contributed by atoms with van der Waals surface area (Å²) < 4.78 is 23.7. The quantitative estimate of drug-likeness (QED) is 0.780. The second-order valence-electron chi connectivity index (χ2n) is 6.69. The Labute approximate surface area is 142 Å². The Morgan fingerprint density at radius 2 is 1.92 bits per heavy atom. The Balaban J connectivity index is 1.83. The van der Waals surface area contributed by atoms with E-state index in [4.69, 9.17) is 0 Å². The lowest BCUT2D eigenvalue weighted by Crippen LogP contribution is -2.31. The first-order valence-electron chi connectivity index (χ1n) is 8.01. The van der Waals surface area contributed by atoms with Gasteiger partial charge in [0.2, 0.25) is 0 Å². The van der Waals surface area contributed by atoms with E-state index in [0.29, 0.717) is 4.90 Å². The van der Waals surface area contributed by atoms with Gasteiger partial charge in [0.25, 0.3) is 0 Å². The number of aromatic nitrogens is 1. The van der Waals surface area contributed by atoms with Crippen LogP contribution >= 0.6 is 0 Å². The molecule has 0 bridgehead atoms. The molecule has 124 valence electrons. The fourth-order valence-corrected chi connectivity index (χ4v) is 4.28. The zero-order valence-electron chi connectivity index (χ0n) is 13.8. The molecule has 0 saturated heterocycles. The van der Waals surface area contributed by atoms with Gasteiger partial charge in [-0.2, -0.15) is 0 Å². The Morgan fingerprint density at radius 1 is 1.12 bits per heavy atom. The third kappa shape index (κ3) is 2.64. The van der Waals surface area contributed by atoms with Gasteiger partial charge in [-0.25, -0.2) is 8.42 Å². The second-order valence-corrected chi connectivity index (χ2v) is 8.71. The Kier molecular flexibility index (Phi) is 3.51. The van der Waals surface area contributed by atoms with Crippen molar-refractivity contribution < 1.29 is 8.42 Å². The molecule has 4 rings (SSSR count). The number of nitrogens with one attached hydrogen (secondary N) is 1. The van der Waals surface area contributed by atoms with Gasteiger partial charge in [0.1, 0.15) is 0 Å². The monoisotopic (exact) mass is 340 g/mol. The van der Waals surface area contributed by atoms with E-state index < -0.39 is 9.84 Å². The van der Waals surface area contributed by atoms with Crippen LogP contribution in [0.25, 0.3) is 10.9 Å². The average molecular weight is 340 g/mol. The minimum Gasteiger partial charge on any atom is -0.358 e. The number of H-pyrrole nitrogens is 1. The normalized spacial score (nSPS) is 18.7. The molecule has 0 aliphatic carbocycles.